The number of alkyl halides is 3. The summed E-state index contributed by atoms with van der Waals surface area (Å²) in [5.74, 6) is -0.0624. The third kappa shape index (κ3) is 6.59. The lowest BCUT2D eigenvalue weighted by atomic mass is 10.2. The molecule has 0 bridgehead atoms. The van der Waals surface area contributed by atoms with Gasteiger partial charge in [-0.2, -0.15) is 13.2 Å². The highest BCUT2D eigenvalue weighted by Gasteiger charge is 2.34. The van der Waals surface area contributed by atoms with E-state index in [1.54, 1.807) is 45.0 Å². The highest BCUT2D eigenvalue weighted by atomic mass is 35.5. The number of hydrogen-bond acceptors (Lipinski definition) is 5. The number of anilines is 2. The van der Waals surface area contributed by atoms with Gasteiger partial charge in [-0.1, -0.05) is 23.7 Å². The monoisotopic (exact) mass is 402 g/mol. The van der Waals surface area contributed by atoms with E-state index < -0.39 is 28.6 Å². The van der Waals surface area contributed by atoms with E-state index in [1.165, 1.54) is 0 Å². The maximum absolute atomic E-state index is 12.6. The number of aromatic nitrogens is 2. The van der Waals surface area contributed by atoms with Crippen LogP contribution in [-0.4, -0.2) is 21.7 Å². The molecule has 0 radical (unpaired) electrons. The van der Waals surface area contributed by atoms with Gasteiger partial charge >= 0.3 is 12.3 Å². The second kappa shape index (κ2) is 7.99. The molecule has 1 aromatic heterocycles. The Hall–Kier alpha value is -2.55. The molecule has 0 saturated carbocycles. The van der Waals surface area contributed by atoms with E-state index in [0.29, 0.717) is 11.9 Å². The molecule has 0 spiro atoms. The first-order valence-electron chi connectivity index (χ1n) is 7.86. The Bertz CT molecular complexity index is 805. The number of nitrogens with one attached hydrogen (secondary N) is 2. The van der Waals surface area contributed by atoms with E-state index in [0.717, 1.165) is 5.56 Å². The minimum absolute atomic E-state index is 0.0624. The highest BCUT2D eigenvalue weighted by Crippen LogP contribution is 2.33. The van der Waals surface area contributed by atoms with Gasteiger partial charge in [-0.3, -0.25) is 0 Å². The van der Waals surface area contributed by atoms with Crippen LogP contribution >= 0.6 is 11.6 Å². The first-order chi connectivity index (χ1) is 12.4. The van der Waals surface area contributed by atoms with Gasteiger partial charge in [0.15, 0.2) is 0 Å². The minimum atomic E-state index is -4.61. The Labute approximate surface area is 159 Å². The van der Waals surface area contributed by atoms with E-state index in [2.05, 4.69) is 20.6 Å². The highest BCUT2D eigenvalue weighted by molar-refractivity contribution is 6.30. The van der Waals surface area contributed by atoms with Crippen molar-refractivity contribution in [3.8, 4) is 0 Å². The van der Waals surface area contributed by atoms with Crippen molar-refractivity contribution < 1.29 is 22.7 Å². The second-order valence-electron chi connectivity index (χ2n) is 6.57. The van der Waals surface area contributed by atoms with Crippen molar-refractivity contribution in [2.24, 2.45) is 0 Å². The molecular formula is C17H18ClF3N4O2. The molecule has 2 N–H and O–H groups in total. The van der Waals surface area contributed by atoms with Crippen molar-refractivity contribution in [2.75, 3.05) is 5.32 Å². The molecule has 1 aromatic carbocycles. The van der Waals surface area contributed by atoms with Crippen LogP contribution in [0.1, 0.15) is 31.9 Å². The fourth-order valence-electron chi connectivity index (χ4n) is 1.93. The largest absolute Gasteiger partial charge is 0.444 e. The number of rotatable bonds is 4. The summed E-state index contributed by atoms with van der Waals surface area (Å²) in [5, 5.41) is 4.70. The Balaban J connectivity index is 1.96. The molecular weight excluding hydrogens is 385 g/mol. The SMILES string of the molecule is CC(C)(C)OC(=O)NCc1ccc(Nc2ncc(C(F)(F)F)c(Cl)n2)cc1. The summed E-state index contributed by atoms with van der Waals surface area (Å²) in [6, 6.07) is 6.79. The maximum Gasteiger partial charge on any atom is 0.420 e. The number of ether oxygens (including phenoxy) is 1. The zero-order valence-corrected chi connectivity index (χ0v) is 15.6. The van der Waals surface area contributed by atoms with Crippen LogP contribution in [0.3, 0.4) is 0 Å². The third-order valence-corrected chi connectivity index (χ3v) is 3.38. The van der Waals surface area contributed by atoms with E-state index in [1.807, 2.05) is 0 Å². The predicted octanol–water partition coefficient (Wildman–Crippen LogP) is 4.92. The Morgan fingerprint density at radius 2 is 1.81 bits per heavy atom. The topological polar surface area (TPSA) is 76.1 Å². The number of amides is 1. The minimum Gasteiger partial charge on any atom is -0.444 e. The van der Waals surface area contributed by atoms with Crippen LogP contribution in [0.5, 0.6) is 0 Å². The number of carbonyl (C=O) groups is 1. The number of alkyl carbamates (subject to hydrolysis) is 1. The molecule has 0 aliphatic carbocycles. The molecule has 2 aromatic rings. The van der Waals surface area contributed by atoms with Crippen molar-refractivity contribution in [3.05, 3.63) is 46.7 Å². The standard InChI is InChI=1S/C17H18ClF3N4O2/c1-16(2,3)27-15(26)23-8-10-4-6-11(7-5-10)24-14-22-9-12(13(18)25-14)17(19,20)21/h4-7,9H,8H2,1-3H3,(H,23,26)(H,22,24,25). The third-order valence-electron chi connectivity index (χ3n) is 3.09. The van der Waals surface area contributed by atoms with Crippen LogP contribution in [0.4, 0.5) is 29.6 Å². The maximum atomic E-state index is 12.6. The number of hydrogen-bond donors (Lipinski definition) is 2. The first kappa shape index (κ1) is 20.8. The second-order valence-corrected chi connectivity index (χ2v) is 6.93. The zero-order valence-electron chi connectivity index (χ0n) is 14.8. The van der Waals surface area contributed by atoms with Gasteiger partial charge in [-0.25, -0.2) is 14.8 Å². The fourth-order valence-corrected chi connectivity index (χ4v) is 2.17. The molecule has 0 aliphatic heterocycles. The smallest absolute Gasteiger partial charge is 0.420 e. The van der Waals surface area contributed by atoms with E-state index in [9.17, 15) is 18.0 Å². The summed E-state index contributed by atoms with van der Waals surface area (Å²) in [4.78, 5) is 18.8. The zero-order chi connectivity index (χ0) is 20.2. The molecule has 0 aliphatic rings. The molecule has 6 nitrogen and oxygen atoms in total. The fraction of sp³-hybridized carbons (Fsp3) is 0.353. The van der Waals surface area contributed by atoms with Crippen LogP contribution in [0.15, 0.2) is 30.5 Å². The van der Waals surface area contributed by atoms with Crippen LogP contribution in [-0.2, 0) is 17.5 Å². The summed E-state index contributed by atoms with van der Waals surface area (Å²) in [6.07, 6.45) is -4.52. The van der Waals surface area contributed by atoms with Gasteiger partial charge in [0.25, 0.3) is 0 Å². The number of halogens is 4. The van der Waals surface area contributed by atoms with Crippen molar-refractivity contribution in [3.63, 3.8) is 0 Å². The average Bonchev–Trinajstić information content (AvgIpc) is 2.51. The summed E-state index contributed by atoms with van der Waals surface area (Å²) in [6.45, 7) is 5.56. The van der Waals surface area contributed by atoms with Crippen molar-refractivity contribution in [2.45, 2.75) is 39.1 Å². The summed E-state index contributed by atoms with van der Waals surface area (Å²) in [5.41, 5.74) is -0.330. The molecule has 1 amide bonds. The lowest BCUT2D eigenvalue weighted by Crippen LogP contribution is -2.32. The molecule has 0 unspecified atom stereocenters. The lowest BCUT2D eigenvalue weighted by molar-refractivity contribution is -0.137. The van der Waals surface area contributed by atoms with Crippen LogP contribution in [0.2, 0.25) is 5.15 Å². The Kier molecular flexibility index (Phi) is 6.15. The molecule has 27 heavy (non-hydrogen) atoms. The van der Waals surface area contributed by atoms with Gasteiger partial charge in [0.1, 0.15) is 16.3 Å². The van der Waals surface area contributed by atoms with Crippen LogP contribution < -0.4 is 10.6 Å². The molecule has 0 saturated heterocycles. The van der Waals surface area contributed by atoms with Crippen LogP contribution in [0, 0.1) is 0 Å². The summed E-state index contributed by atoms with van der Waals surface area (Å²) >= 11 is 5.56. The summed E-state index contributed by atoms with van der Waals surface area (Å²) < 4.78 is 43.1. The van der Waals surface area contributed by atoms with Crippen molar-refractivity contribution >= 4 is 29.3 Å². The van der Waals surface area contributed by atoms with Crippen LogP contribution in [0.25, 0.3) is 0 Å². The summed E-state index contributed by atoms with van der Waals surface area (Å²) in [7, 11) is 0. The molecule has 0 fully saturated rings. The van der Waals surface area contributed by atoms with Gasteiger partial charge in [0.05, 0.1) is 0 Å². The van der Waals surface area contributed by atoms with E-state index in [-0.39, 0.29) is 12.5 Å². The van der Waals surface area contributed by atoms with Crippen molar-refractivity contribution in [1.82, 2.24) is 15.3 Å². The average molecular weight is 403 g/mol. The number of benzene rings is 1. The van der Waals surface area contributed by atoms with Gasteiger partial charge in [0, 0.05) is 18.4 Å². The quantitative estimate of drug-likeness (QED) is 0.710. The normalized spacial score (nSPS) is 11.8. The molecule has 2 rings (SSSR count). The Morgan fingerprint density at radius 1 is 1.19 bits per heavy atom. The van der Waals surface area contributed by atoms with Gasteiger partial charge in [-0.15, -0.1) is 0 Å². The molecule has 0 atom stereocenters. The van der Waals surface area contributed by atoms with Crippen molar-refractivity contribution in [1.29, 1.82) is 0 Å². The molecule has 146 valence electrons. The Morgan fingerprint density at radius 3 is 2.33 bits per heavy atom. The lowest BCUT2D eigenvalue weighted by Gasteiger charge is -2.19. The molecule has 10 heteroatoms. The number of nitrogens with zero attached hydrogens (tertiary/aromatic N) is 2. The predicted molar refractivity (Wildman–Crippen MR) is 94.8 cm³/mol. The van der Waals surface area contributed by atoms with Gasteiger partial charge in [0.2, 0.25) is 5.95 Å². The first-order valence-corrected chi connectivity index (χ1v) is 8.24. The van der Waals surface area contributed by atoms with Gasteiger partial charge in [-0.05, 0) is 38.5 Å². The van der Waals surface area contributed by atoms with Gasteiger partial charge < -0.3 is 15.4 Å². The van der Waals surface area contributed by atoms with E-state index in [4.69, 9.17) is 16.3 Å². The van der Waals surface area contributed by atoms with E-state index >= 15 is 0 Å². The molecule has 1 heterocycles. The number of carbonyl (C=O) groups excluding carboxylic acids is 1.